The van der Waals surface area contributed by atoms with Crippen molar-refractivity contribution in [1.29, 1.82) is 0 Å². The Morgan fingerprint density at radius 3 is 2.20 bits per heavy atom. The zero-order valence-electron chi connectivity index (χ0n) is 11.5. The molecule has 2 unspecified atom stereocenters. The van der Waals surface area contributed by atoms with E-state index in [1.165, 1.54) is 4.46 Å². The molecule has 0 saturated carbocycles. The number of hydrogen-bond acceptors (Lipinski definition) is 1. The molecule has 1 nitrogen and oxygen atoms in total. The molecule has 0 saturated heterocycles. The van der Waals surface area contributed by atoms with Crippen LogP contribution in [0.25, 0.3) is 0 Å². The van der Waals surface area contributed by atoms with E-state index in [0.29, 0.717) is 10.9 Å². The Labute approximate surface area is 134 Å². The summed E-state index contributed by atoms with van der Waals surface area (Å²) in [6, 6.07) is 17.7. The van der Waals surface area contributed by atoms with E-state index in [1.807, 2.05) is 42.5 Å². The third-order valence-corrected chi connectivity index (χ3v) is 9.37. The van der Waals surface area contributed by atoms with Crippen molar-refractivity contribution in [3.8, 4) is 0 Å². The Hall–Kier alpha value is -0.601. The SMILES string of the molecule is CC(C)C([Se]c1ccccc1)S(=O)c1ccccc1Cl. The molecular weight excluding hydrogens is 355 g/mol. The van der Waals surface area contributed by atoms with Gasteiger partial charge in [0.05, 0.1) is 0 Å². The van der Waals surface area contributed by atoms with Gasteiger partial charge in [0.25, 0.3) is 0 Å². The topological polar surface area (TPSA) is 17.1 Å². The van der Waals surface area contributed by atoms with Crippen LogP contribution in [-0.4, -0.2) is 23.3 Å². The van der Waals surface area contributed by atoms with Gasteiger partial charge < -0.3 is 0 Å². The van der Waals surface area contributed by atoms with Gasteiger partial charge in [-0.05, 0) is 0 Å². The first-order chi connectivity index (χ1) is 9.59. The van der Waals surface area contributed by atoms with Gasteiger partial charge in [0.15, 0.2) is 0 Å². The van der Waals surface area contributed by atoms with E-state index in [1.54, 1.807) is 0 Å². The molecule has 0 aromatic heterocycles. The van der Waals surface area contributed by atoms with Crippen LogP contribution < -0.4 is 4.46 Å². The fourth-order valence-corrected chi connectivity index (χ4v) is 7.04. The van der Waals surface area contributed by atoms with Crippen molar-refractivity contribution in [2.75, 3.05) is 0 Å². The molecule has 2 aromatic carbocycles. The first-order valence-electron chi connectivity index (χ1n) is 6.46. The molecule has 0 N–H and O–H groups in total. The van der Waals surface area contributed by atoms with E-state index in [9.17, 15) is 4.21 Å². The molecule has 20 heavy (non-hydrogen) atoms. The minimum atomic E-state index is -1.07. The molecule has 0 aliphatic heterocycles. The van der Waals surface area contributed by atoms with Crippen LogP contribution in [-0.2, 0) is 10.8 Å². The van der Waals surface area contributed by atoms with Crippen molar-refractivity contribution >= 4 is 41.8 Å². The van der Waals surface area contributed by atoms with Gasteiger partial charge in [-0.3, -0.25) is 0 Å². The predicted molar refractivity (Wildman–Crippen MR) is 88.3 cm³/mol. The van der Waals surface area contributed by atoms with Crippen molar-refractivity contribution in [2.45, 2.75) is 22.9 Å². The maximum atomic E-state index is 12.9. The molecule has 4 heteroatoms. The fraction of sp³-hybridized carbons (Fsp3) is 0.250. The van der Waals surface area contributed by atoms with Gasteiger partial charge in [-0.2, -0.15) is 0 Å². The molecule has 0 amide bonds. The molecule has 0 aliphatic carbocycles. The average molecular weight is 372 g/mol. The van der Waals surface area contributed by atoms with Crippen LogP contribution in [0.15, 0.2) is 59.5 Å². The average Bonchev–Trinajstić information content (AvgIpc) is 2.45. The summed E-state index contributed by atoms with van der Waals surface area (Å²) in [5.41, 5.74) is 0. The van der Waals surface area contributed by atoms with Crippen molar-refractivity contribution in [2.24, 2.45) is 5.92 Å². The summed E-state index contributed by atoms with van der Waals surface area (Å²) >= 11 is 6.35. The molecule has 2 rings (SSSR count). The van der Waals surface area contributed by atoms with E-state index in [-0.39, 0.29) is 19.1 Å². The van der Waals surface area contributed by atoms with Crippen LogP contribution in [0.3, 0.4) is 0 Å². The monoisotopic (exact) mass is 372 g/mol. The van der Waals surface area contributed by atoms with Gasteiger partial charge >= 0.3 is 134 Å². The van der Waals surface area contributed by atoms with Crippen molar-refractivity contribution in [3.63, 3.8) is 0 Å². The molecular formula is C16H17ClOSSe. The van der Waals surface area contributed by atoms with Gasteiger partial charge in [0.1, 0.15) is 0 Å². The first kappa shape index (κ1) is 15.8. The molecule has 0 bridgehead atoms. The molecule has 2 atom stereocenters. The van der Waals surface area contributed by atoms with Crippen LogP contribution in [0.1, 0.15) is 13.8 Å². The molecule has 0 heterocycles. The van der Waals surface area contributed by atoms with E-state index < -0.39 is 10.8 Å². The summed E-state index contributed by atoms with van der Waals surface area (Å²) in [7, 11) is -1.07. The second-order valence-electron chi connectivity index (χ2n) is 4.77. The number of halogens is 1. The zero-order valence-corrected chi connectivity index (χ0v) is 14.7. The Bertz CT molecular complexity index is 586. The van der Waals surface area contributed by atoms with Crippen LogP contribution in [0.4, 0.5) is 0 Å². The molecule has 2 aromatic rings. The first-order valence-corrected chi connectivity index (χ1v) is 9.90. The van der Waals surface area contributed by atoms with E-state index in [2.05, 4.69) is 26.0 Å². The Morgan fingerprint density at radius 2 is 1.60 bits per heavy atom. The van der Waals surface area contributed by atoms with Crippen LogP contribution in [0, 0.1) is 5.92 Å². The van der Waals surface area contributed by atoms with Gasteiger partial charge in [0, 0.05) is 0 Å². The van der Waals surface area contributed by atoms with Gasteiger partial charge in [-0.25, -0.2) is 0 Å². The number of benzene rings is 2. The Kier molecular flexibility index (Phi) is 5.85. The van der Waals surface area contributed by atoms with Gasteiger partial charge in [-0.1, -0.05) is 0 Å². The quantitative estimate of drug-likeness (QED) is 0.736. The van der Waals surface area contributed by atoms with Gasteiger partial charge in [0.2, 0.25) is 0 Å². The Balaban J connectivity index is 2.25. The third-order valence-electron chi connectivity index (χ3n) is 2.80. The number of hydrogen-bond donors (Lipinski definition) is 0. The second-order valence-corrected chi connectivity index (χ2v) is 9.94. The zero-order chi connectivity index (χ0) is 14.5. The number of rotatable bonds is 5. The van der Waals surface area contributed by atoms with Crippen LogP contribution >= 0.6 is 11.6 Å². The maximum absolute atomic E-state index is 12.9. The summed E-state index contributed by atoms with van der Waals surface area (Å²) in [6.07, 6.45) is 0. The van der Waals surface area contributed by atoms with E-state index in [4.69, 9.17) is 11.6 Å². The Morgan fingerprint density at radius 1 is 1.00 bits per heavy atom. The van der Waals surface area contributed by atoms with Gasteiger partial charge in [-0.15, -0.1) is 0 Å². The minimum absolute atomic E-state index is 0.129. The summed E-state index contributed by atoms with van der Waals surface area (Å²) < 4.78 is 14.3. The van der Waals surface area contributed by atoms with Crippen molar-refractivity contribution in [3.05, 3.63) is 59.6 Å². The molecule has 0 aliphatic rings. The summed E-state index contributed by atoms with van der Waals surface area (Å²) in [5, 5.41) is 0.598. The fourth-order valence-electron chi connectivity index (χ4n) is 1.79. The summed E-state index contributed by atoms with van der Waals surface area (Å²) in [4.78, 5) is 0.755. The predicted octanol–water partition coefficient (Wildman–Crippen LogP) is 3.46. The molecule has 0 spiro atoms. The summed E-state index contributed by atoms with van der Waals surface area (Å²) in [6.45, 7) is 4.26. The van der Waals surface area contributed by atoms with Crippen LogP contribution in [0.2, 0.25) is 5.02 Å². The molecule has 0 radical (unpaired) electrons. The third kappa shape index (κ3) is 3.95. The van der Waals surface area contributed by atoms with Crippen molar-refractivity contribution < 1.29 is 4.21 Å². The standard InChI is InChI=1S/C16H17ClOSSe/c1-12(2)16(20-13-8-4-3-5-9-13)19(18)15-11-7-6-10-14(15)17/h3-12,16H,1-2H3. The van der Waals surface area contributed by atoms with E-state index >= 15 is 0 Å². The van der Waals surface area contributed by atoms with Crippen LogP contribution in [0.5, 0.6) is 0 Å². The molecule has 106 valence electrons. The normalized spacial score (nSPS) is 14.2. The van der Waals surface area contributed by atoms with Crippen molar-refractivity contribution in [1.82, 2.24) is 0 Å². The molecule has 0 fully saturated rings. The summed E-state index contributed by atoms with van der Waals surface area (Å²) in [5.74, 6) is 0.354. The van der Waals surface area contributed by atoms with E-state index in [0.717, 1.165) is 4.90 Å². The second kappa shape index (κ2) is 7.42.